The van der Waals surface area contributed by atoms with Crippen LogP contribution in [0.1, 0.15) is 5.56 Å². The lowest BCUT2D eigenvalue weighted by Crippen LogP contribution is -2.39. The number of hydrogen-bond donors (Lipinski definition) is 2. The Morgan fingerprint density at radius 2 is 2.15 bits per heavy atom. The normalized spacial score (nSPS) is 11.8. The molecule has 0 saturated heterocycles. The van der Waals surface area contributed by atoms with Crippen molar-refractivity contribution in [1.82, 2.24) is 5.32 Å². The van der Waals surface area contributed by atoms with Crippen molar-refractivity contribution >= 4 is 27.8 Å². The minimum absolute atomic E-state index is 0.108. The van der Waals surface area contributed by atoms with Crippen LogP contribution < -0.4 is 10.1 Å². The molecule has 0 aliphatic rings. The number of carboxylic acids is 1. The number of nitrogens with one attached hydrogen (secondary N) is 1. The summed E-state index contributed by atoms with van der Waals surface area (Å²) in [7, 11) is 1.27. The van der Waals surface area contributed by atoms with Crippen LogP contribution >= 0.6 is 15.9 Å². The third-order valence-corrected chi connectivity index (χ3v) is 3.11. The molecule has 110 valence electrons. The molecule has 0 bridgehead atoms. The van der Waals surface area contributed by atoms with Gasteiger partial charge in [0.1, 0.15) is 5.75 Å². The van der Waals surface area contributed by atoms with Crippen molar-refractivity contribution in [2.24, 2.45) is 0 Å². The first kappa shape index (κ1) is 16.5. The number of aryl methyl sites for hydroxylation is 1. The second kappa shape index (κ2) is 7.86. The van der Waals surface area contributed by atoms with Gasteiger partial charge in [-0.1, -0.05) is 6.07 Å². The van der Waals surface area contributed by atoms with Crippen molar-refractivity contribution in [3.8, 4) is 5.75 Å². The van der Waals surface area contributed by atoms with Crippen molar-refractivity contribution in [3.05, 3.63) is 28.2 Å². The summed E-state index contributed by atoms with van der Waals surface area (Å²) in [6.45, 7) is 1.64. The molecule has 1 atom stereocenters. The van der Waals surface area contributed by atoms with Crippen molar-refractivity contribution in [2.45, 2.75) is 13.0 Å². The van der Waals surface area contributed by atoms with E-state index >= 15 is 0 Å². The van der Waals surface area contributed by atoms with E-state index in [-0.39, 0.29) is 13.2 Å². The van der Waals surface area contributed by atoms with Gasteiger partial charge in [0.15, 0.2) is 12.7 Å². The van der Waals surface area contributed by atoms with Crippen LogP contribution in [0.15, 0.2) is 22.7 Å². The van der Waals surface area contributed by atoms with Crippen LogP contribution in [-0.4, -0.2) is 43.3 Å². The molecule has 0 fully saturated rings. The van der Waals surface area contributed by atoms with Gasteiger partial charge in [-0.15, -0.1) is 0 Å². The smallest absolute Gasteiger partial charge is 0.334 e. The number of aliphatic carboxylic acids is 1. The first-order chi connectivity index (χ1) is 9.43. The second-order valence-corrected chi connectivity index (χ2v) is 4.94. The fourth-order valence-electron chi connectivity index (χ4n) is 1.40. The quantitative estimate of drug-likeness (QED) is 0.779. The third-order valence-electron chi connectivity index (χ3n) is 2.49. The van der Waals surface area contributed by atoms with Crippen LogP contribution in [-0.2, 0) is 14.3 Å². The zero-order valence-corrected chi connectivity index (χ0v) is 12.8. The number of hydrogen-bond acceptors (Lipinski definition) is 4. The third kappa shape index (κ3) is 5.18. The molecular formula is C13H16BrNO5. The predicted molar refractivity (Wildman–Crippen MR) is 75.8 cm³/mol. The van der Waals surface area contributed by atoms with Gasteiger partial charge in [-0.25, -0.2) is 4.79 Å². The maximum absolute atomic E-state index is 11.5. The maximum atomic E-state index is 11.5. The Labute approximate surface area is 125 Å². The van der Waals surface area contributed by atoms with Crippen molar-refractivity contribution < 1.29 is 24.2 Å². The molecule has 0 heterocycles. The molecule has 1 rings (SSSR count). The Balaban J connectivity index is 2.41. The van der Waals surface area contributed by atoms with Crippen LogP contribution in [0.2, 0.25) is 0 Å². The van der Waals surface area contributed by atoms with Gasteiger partial charge in [0.2, 0.25) is 0 Å². The highest BCUT2D eigenvalue weighted by molar-refractivity contribution is 9.10. The van der Waals surface area contributed by atoms with E-state index in [1.54, 1.807) is 6.07 Å². The van der Waals surface area contributed by atoms with Crippen LogP contribution in [0, 0.1) is 6.92 Å². The molecule has 1 aromatic rings. The first-order valence-corrected chi connectivity index (χ1v) is 6.64. The monoisotopic (exact) mass is 345 g/mol. The number of carbonyl (C=O) groups excluding carboxylic acids is 1. The average molecular weight is 346 g/mol. The number of benzene rings is 1. The number of ether oxygens (including phenoxy) is 2. The molecule has 6 nitrogen and oxygen atoms in total. The lowest BCUT2D eigenvalue weighted by molar-refractivity contribution is -0.148. The number of methoxy groups -OCH3 is 1. The Morgan fingerprint density at radius 3 is 2.70 bits per heavy atom. The minimum Gasteiger partial charge on any atom is -0.483 e. The highest BCUT2D eigenvalue weighted by Crippen LogP contribution is 2.25. The number of amides is 1. The largest absolute Gasteiger partial charge is 0.483 e. The van der Waals surface area contributed by atoms with Crippen LogP contribution in [0.4, 0.5) is 0 Å². The summed E-state index contributed by atoms with van der Waals surface area (Å²) in [4.78, 5) is 22.2. The van der Waals surface area contributed by atoms with E-state index < -0.39 is 18.0 Å². The Morgan fingerprint density at radius 1 is 1.45 bits per heavy atom. The van der Waals surface area contributed by atoms with Gasteiger partial charge in [0.05, 0.1) is 11.0 Å². The number of carboxylic acid groups (broad SMARTS) is 1. The predicted octanol–water partition coefficient (Wildman–Crippen LogP) is 1.35. The molecular weight excluding hydrogens is 330 g/mol. The molecule has 0 saturated carbocycles. The van der Waals surface area contributed by atoms with Crippen molar-refractivity contribution in [3.63, 3.8) is 0 Å². The minimum atomic E-state index is -1.13. The highest BCUT2D eigenvalue weighted by atomic mass is 79.9. The molecule has 1 amide bonds. The molecule has 0 spiro atoms. The molecule has 20 heavy (non-hydrogen) atoms. The van der Waals surface area contributed by atoms with Crippen LogP contribution in [0.5, 0.6) is 5.75 Å². The topological polar surface area (TPSA) is 84.9 Å². The summed E-state index contributed by atoms with van der Waals surface area (Å²) in [5, 5.41) is 11.2. The van der Waals surface area contributed by atoms with E-state index in [1.165, 1.54) is 7.11 Å². The van der Waals surface area contributed by atoms with Gasteiger partial charge in [-0.05, 0) is 40.5 Å². The maximum Gasteiger partial charge on any atom is 0.334 e. The summed E-state index contributed by atoms with van der Waals surface area (Å²) in [6.07, 6.45) is -1.06. The summed E-state index contributed by atoms with van der Waals surface area (Å²) in [5.74, 6) is -0.997. The van der Waals surface area contributed by atoms with E-state index in [2.05, 4.69) is 21.2 Å². The van der Waals surface area contributed by atoms with Gasteiger partial charge in [0, 0.05) is 7.11 Å². The SMILES string of the molecule is COC(CNC(=O)COc1ccc(C)cc1Br)C(=O)O. The van der Waals surface area contributed by atoms with Gasteiger partial charge in [-0.2, -0.15) is 0 Å². The van der Waals surface area contributed by atoms with Gasteiger partial charge < -0.3 is 19.9 Å². The fourth-order valence-corrected chi connectivity index (χ4v) is 2.00. The summed E-state index contributed by atoms with van der Waals surface area (Å²) < 4.78 is 10.8. The number of carbonyl (C=O) groups is 2. The first-order valence-electron chi connectivity index (χ1n) is 5.85. The summed E-state index contributed by atoms with van der Waals surface area (Å²) in [5.41, 5.74) is 1.07. The molecule has 2 N–H and O–H groups in total. The standard InChI is InChI=1S/C13H16BrNO5/c1-8-3-4-10(9(14)5-8)20-7-12(16)15-6-11(19-2)13(17)18/h3-5,11H,6-7H2,1-2H3,(H,15,16)(H,17,18). The molecule has 0 aliphatic heterocycles. The highest BCUT2D eigenvalue weighted by Gasteiger charge is 2.17. The molecule has 1 unspecified atom stereocenters. The number of halogens is 1. The average Bonchev–Trinajstić information content (AvgIpc) is 2.38. The molecule has 1 aromatic carbocycles. The summed E-state index contributed by atoms with van der Waals surface area (Å²) >= 11 is 3.34. The van der Waals surface area contributed by atoms with E-state index in [9.17, 15) is 9.59 Å². The Hall–Kier alpha value is -1.60. The van der Waals surface area contributed by atoms with Crippen molar-refractivity contribution in [2.75, 3.05) is 20.3 Å². The van der Waals surface area contributed by atoms with Gasteiger partial charge in [-0.3, -0.25) is 4.79 Å². The zero-order valence-electron chi connectivity index (χ0n) is 11.2. The second-order valence-electron chi connectivity index (χ2n) is 4.09. The van der Waals surface area contributed by atoms with E-state index in [1.807, 2.05) is 19.1 Å². The van der Waals surface area contributed by atoms with E-state index in [4.69, 9.17) is 14.6 Å². The van der Waals surface area contributed by atoms with Crippen LogP contribution in [0.25, 0.3) is 0 Å². The van der Waals surface area contributed by atoms with E-state index in [0.717, 1.165) is 10.0 Å². The van der Waals surface area contributed by atoms with Crippen LogP contribution in [0.3, 0.4) is 0 Å². The number of rotatable bonds is 7. The molecule has 0 radical (unpaired) electrons. The lowest BCUT2D eigenvalue weighted by atomic mass is 10.2. The summed E-state index contributed by atoms with van der Waals surface area (Å²) in [6, 6.07) is 5.49. The lowest BCUT2D eigenvalue weighted by Gasteiger charge is -2.12. The van der Waals surface area contributed by atoms with Gasteiger partial charge in [0.25, 0.3) is 5.91 Å². The van der Waals surface area contributed by atoms with Gasteiger partial charge >= 0.3 is 5.97 Å². The Kier molecular flexibility index (Phi) is 6.47. The van der Waals surface area contributed by atoms with E-state index in [0.29, 0.717) is 5.75 Å². The zero-order chi connectivity index (χ0) is 15.1. The fraction of sp³-hybridized carbons (Fsp3) is 0.385. The molecule has 0 aromatic heterocycles. The van der Waals surface area contributed by atoms with Crippen molar-refractivity contribution in [1.29, 1.82) is 0 Å². The Bertz CT molecular complexity index is 492. The molecule has 0 aliphatic carbocycles. The molecule has 7 heteroatoms.